The maximum Gasteiger partial charge on any atom is 0.341 e. The van der Waals surface area contributed by atoms with E-state index in [9.17, 15) is 14.4 Å². The Labute approximate surface area is 233 Å². The molecular weight excluding hydrogens is 540 g/mol. The van der Waals surface area contributed by atoms with Gasteiger partial charge in [-0.25, -0.2) is 14.6 Å². The molecule has 4 rings (SSSR count). The Hall–Kier alpha value is -4.58. The number of methoxy groups -OCH3 is 3. The number of thiazole rings is 1. The Morgan fingerprint density at radius 3 is 2.27 bits per heavy atom. The number of carbonyl (C=O) groups is 2. The van der Waals surface area contributed by atoms with Gasteiger partial charge in [0.05, 0.1) is 49.8 Å². The fourth-order valence-electron chi connectivity index (χ4n) is 4.32. The number of carboxylic acid groups (broad SMARTS) is 1. The molecule has 0 saturated carbocycles. The van der Waals surface area contributed by atoms with Crippen LogP contribution in [0.4, 0.5) is 0 Å². The van der Waals surface area contributed by atoms with Crippen LogP contribution >= 0.6 is 11.3 Å². The second kappa shape index (κ2) is 12.1. The average molecular weight is 569 g/mol. The van der Waals surface area contributed by atoms with Gasteiger partial charge in [-0.15, -0.1) is 0 Å². The number of hydrogen-bond donors (Lipinski definition) is 1. The number of carbonyl (C=O) groups excluding carboxylic acids is 1. The first-order valence-electron chi connectivity index (χ1n) is 12.2. The monoisotopic (exact) mass is 568 g/mol. The van der Waals surface area contributed by atoms with Crippen molar-refractivity contribution in [1.29, 1.82) is 0 Å². The summed E-state index contributed by atoms with van der Waals surface area (Å²) in [5.74, 6) is -0.185. The van der Waals surface area contributed by atoms with E-state index in [4.69, 9.17) is 28.8 Å². The molecule has 1 N–H and O–H groups in total. The maximum atomic E-state index is 13.8. The van der Waals surface area contributed by atoms with E-state index in [1.54, 1.807) is 56.3 Å². The van der Waals surface area contributed by atoms with E-state index in [2.05, 4.69) is 4.99 Å². The van der Waals surface area contributed by atoms with Crippen LogP contribution in [-0.4, -0.2) is 56.2 Å². The third-order valence-corrected chi connectivity index (χ3v) is 7.04. The molecule has 3 aromatic rings. The van der Waals surface area contributed by atoms with Crippen LogP contribution in [0.5, 0.6) is 23.0 Å². The Balaban J connectivity index is 1.89. The normalized spacial score (nSPS) is 14.7. The lowest BCUT2D eigenvalue weighted by Gasteiger charge is -2.26. The van der Waals surface area contributed by atoms with Gasteiger partial charge in [-0.2, -0.15) is 0 Å². The third kappa shape index (κ3) is 5.57. The predicted molar refractivity (Wildman–Crippen MR) is 146 cm³/mol. The van der Waals surface area contributed by atoms with Crippen LogP contribution in [0.15, 0.2) is 57.5 Å². The quantitative estimate of drug-likeness (QED) is 0.366. The summed E-state index contributed by atoms with van der Waals surface area (Å²) in [4.78, 5) is 42.7. The summed E-state index contributed by atoms with van der Waals surface area (Å²) < 4.78 is 28.9. The lowest BCUT2D eigenvalue weighted by Crippen LogP contribution is -2.40. The van der Waals surface area contributed by atoms with Crippen LogP contribution in [-0.2, 0) is 14.3 Å². The molecule has 0 fully saturated rings. The van der Waals surface area contributed by atoms with Crippen molar-refractivity contribution < 1.29 is 38.4 Å². The number of hydrogen-bond acceptors (Lipinski definition) is 10. The molecule has 1 atom stereocenters. The first-order chi connectivity index (χ1) is 19.2. The smallest absolute Gasteiger partial charge is 0.341 e. The molecule has 1 aliphatic heterocycles. The van der Waals surface area contributed by atoms with Crippen molar-refractivity contribution in [1.82, 2.24) is 4.57 Å². The van der Waals surface area contributed by atoms with Gasteiger partial charge in [-0.05, 0) is 55.3 Å². The second-order valence-corrected chi connectivity index (χ2v) is 9.52. The molecule has 40 heavy (non-hydrogen) atoms. The van der Waals surface area contributed by atoms with Crippen LogP contribution in [0.3, 0.4) is 0 Å². The minimum Gasteiger partial charge on any atom is -0.493 e. The van der Waals surface area contributed by atoms with Crippen molar-refractivity contribution in [3.8, 4) is 23.0 Å². The number of fused-ring (bicyclic) bond motifs is 1. The summed E-state index contributed by atoms with van der Waals surface area (Å²) in [7, 11) is 4.46. The first-order valence-corrected chi connectivity index (χ1v) is 13.0. The van der Waals surface area contributed by atoms with Gasteiger partial charge in [0.15, 0.2) is 22.9 Å². The molecule has 1 aromatic heterocycles. The lowest BCUT2D eigenvalue weighted by atomic mass is 9.95. The number of rotatable bonds is 10. The zero-order chi connectivity index (χ0) is 29.0. The first kappa shape index (κ1) is 28.4. The second-order valence-electron chi connectivity index (χ2n) is 8.51. The zero-order valence-electron chi connectivity index (χ0n) is 22.5. The van der Waals surface area contributed by atoms with Gasteiger partial charge in [0.1, 0.15) is 5.75 Å². The van der Waals surface area contributed by atoms with Gasteiger partial charge in [-0.3, -0.25) is 9.36 Å². The molecule has 12 heteroatoms. The van der Waals surface area contributed by atoms with E-state index in [0.29, 0.717) is 49.2 Å². The number of ether oxygens (including phenoxy) is 5. The lowest BCUT2D eigenvalue weighted by molar-refractivity contribution is -0.140. The number of nitrogens with zero attached hydrogens (tertiary/aromatic N) is 2. The Morgan fingerprint density at radius 2 is 1.73 bits per heavy atom. The number of aliphatic carboxylic acids is 1. The van der Waals surface area contributed by atoms with Gasteiger partial charge in [0.25, 0.3) is 5.56 Å². The van der Waals surface area contributed by atoms with Crippen molar-refractivity contribution in [2.45, 2.75) is 19.9 Å². The number of esters is 1. The predicted octanol–water partition coefficient (Wildman–Crippen LogP) is 2.29. The molecular formula is C28H28N2O9S. The highest BCUT2D eigenvalue weighted by atomic mass is 32.1. The van der Waals surface area contributed by atoms with Crippen LogP contribution < -0.4 is 33.8 Å². The zero-order valence-corrected chi connectivity index (χ0v) is 23.4. The molecule has 2 aromatic carbocycles. The van der Waals surface area contributed by atoms with Crippen molar-refractivity contribution in [2.24, 2.45) is 4.99 Å². The Bertz CT molecular complexity index is 1630. The van der Waals surface area contributed by atoms with Gasteiger partial charge in [-0.1, -0.05) is 23.5 Å². The number of aromatic nitrogens is 1. The molecule has 0 saturated heterocycles. The highest BCUT2D eigenvalue weighted by molar-refractivity contribution is 7.07. The molecule has 0 aliphatic carbocycles. The van der Waals surface area contributed by atoms with Gasteiger partial charge in [0.2, 0.25) is 5.75 Å². The maximum absolute atomic E-state index is 13.8. The van der Waals surface area contributed by atoms with Crippen molar-refractivity contribution in [2.75, 3.05) is 34.5 Å². The van der Waals surface area contributed by atoms with Gasteiger partial charge < -0.3 is 28.8 Å². The third-order valence-electron chi connectivity index (χ3n) is 6.06. The minimum atomic E-state index is -1.08. The van der Waals surface area contributed by atoms with Crippen molar-refractivity contribution >= 4 is 29.4 Å². The molecule has 2 heterocycles. The Kier molecular flexibility index (Phi) is 8.58. The number of allylic oxidation sites excluding steroid dienone is 1. The van der Waals surface area contributed by atoms with E-state index in [1.807, 2.05) is 0 Å². The van der Waals surface area contributed by atoms with Crippen molar-refractivity contribution in [3.63, 3.8) is 0 Å². The minimum absolute atomic E-state index is 0.147. The van der Waals surface area contributed by atoms with Crippen LogP contribution in [0.2, 0.25) is 0 Å². The largest absolute Gasteiger partial charge is 0.493 e. The fraction of sp³-hybridized carbons (Fsp3) is 0.286. The molecule has 0 radical (unpaired) electrons. The van der Waals surface area contributed by atoms with E-state index in [1.165, 1.54) is 37.2 Å². The van der Waals surface area contributed by atoms with E-state index >= 15 is 0 Å². The van der Waals surface area contributed by atoms with Crippen LogP contribution in [0.1, 0.15) is 31.0 Å². The van der Waals surface area contributed by atoms with Gasteiger partial charge in [0, 0.05) is 0 Å². The van der Waals surface area contributed by atoms with Crippen molar-refractivity contribution in [3.05, 3.63) is 78.5 Å². The van der Waals surface area contributed by atoms with E-state index in [-0.39, 0.29) is 17.7 Å². The highest BCUT2D eigenvalue weighted by Gasteiger charge is 2.34. The van der Waals surface area contributed by atoms with Crippen LogP contribution in [0, 0.1) is 0 Å². The summed E-state index contributed by atoms with van der Waals surface area (Å²) in [6, 6.07) is 9.16. The molecule has 0 bridgehead atoms. The number of carboxylic acids is 1. The molecule has 0 unspecified atom stereocenters. The SMILES string of the molecule is CCOC(=O)C1=C(C)N=c2sc(=Cc3ccc(OCC(=O)O)cc3)c(=O)n2[C@@H]1c1cc(OC)c(OC)c(OC)c1. The van der Waals surface area contributed by atoms with Gasteiger partial charge >= 0.3 is 11.9 Å². The molecule has 0 amide bonds. The topological polar surface area (TPSA) is 135 Å². The highest BCUT2D eigenvalue weighted by Crippen LogP contribution is 2.42. The van der Waals surface area contributed by atoms with E-state index in [0.717, 1.165) is 0 Å². The molecule has 210 valence electrons. The fourth-order valence-corrected chi connectivity index (χ4v) is 5.37. The molecule has 0 spiro atoms. The standard InChI is InChI=1S/C28H28N2O9S/c1-6-38-27(34)23-15(2)29-28-30(24(23)17-12-19(35-3)25(37-5)20(13-17)36-4)26(33)21(40-28)11-16-7-9-18(10-8-16)39-14-22(31)32/h7-13,24H,6,14H2,1-5H3,(H,31,32)/t24-/m1/s1. The Morgan fingerprint density at radius 1 is 1.07 bits per heavy atom. The summed E-state index contributed by atoms with van der Waals surface area (Å²) >= 11 is 1.18. The van der Waals surface area contributed by atoms with Crippen LogP contribution in [0.25, 0.3) is 6.08 Å². The molecule has 11 nitrogen and oxygen atoms in total. The molecule has 1 aliphatic rings. The summed E-state index contributed by atoms with van der Waals surface area (Å²) in [5, 5.41) is 8.80. The average Bonchev–Trinajstić information content (AvgIpc) is 3.24. The summed E-state index contributed by atoms with van der Waals surface area (Å²) in [6.07, 6.45) is 1.69. The van der Waals surface area contributed by atoms with E-state index < -0.39 is 24.6 Å². The summed E-state index contributed by atoms with van der Waals surface area (Å²) in [5.41, 5.74) is 1.51. The summed E-state index contributed by atoms with van der Waals surface area (Å²) in [6.45, 7) is 3.09. The number of benzene rings is 2.